The molecule has 0 aliphatic rings. The average Bonchev–Trinajstić information content (AvgIpc) is 2.79. The van der Waals surface area contributed by atoms with Crippen molar-refractivity contribution >= 4 is 27.0 Å². The number of aromatic nitrogens is 1. The van der Waals surface area contributed by atoms with Crippen molar-refractivity contribution in [3.63, 3.8) is 0 Å². The van der Waals surface area contributed by atoms with E-state index in [-0.39, 0.29) is 29.0 Å². The highest BCUT2D eigenvalue weighted by Gasteiger charge is 2.17. The largest absolute Gasteiger partial charge is 0.420 e. The van der Waals surface area contributed by atoms with Crippen molar-refractivity contribution in [2.24, 2.45) is 5.14 Å². The first-order valence-corrected chi connectivity index (χ1v) is 8.76. The molecule has 0 radical (unpaired) electrons. The zero-order valence-electron chi connectivity index (χ0n) is 12.9. The van der Waals surface area contributed by atoms with Crippen molar-refractivity contribution in [1.82, 2.24) is 9.88 Å². The van der Waals surface area contributed by atoms with E-state index >= 15 is 0 Å². The molecule has 8 nitrogen and oxygen atoms in total. The molecule has 0 bridgehead atoms. The molecule has 0 atom stereocenters. The summed E-state index contributed by atoms with van der Waals surface area (Å²) in [7, 11) is -3.89. The summed E-state index contributed by atoms with van der Waals surface area (Å²) in [6.45, 7) is 3.72. The van der Waals surface area contributed by atoms with Crippen LogP contribution in [-0.2, 0) is 21.4 Å². The third kappa shape index (κ3) is 3.80. The molecule has 1 heterocycles. The second-order valence-electron chi connectivity index (χ2n) is 5.21. The predicted octanol–water partition coefficient (Wildman–Crippen LogP) is 0.547. The van der Waals surface area contributed by atoms with Crippen molar-refractivity contribution in [2.75, 3.05) is 0 Å². The minimum Gasteiger partial charge on any atom is -0.408 e. The zero-order chi connectivity index (χ0) is 17.2. The number of hydrogen-bond donors (Lipinski definition) is 2. The van der Waals surface area contributed by atoms with Crippen LogP contribution in [0.5, 0.6) is 0 Å². The maximum atomic E-state index is 12.0. The van der Waals surface area contributed by atoms with Crippen LogP contribution in [-0.4, -0.2) is 24.9 Å². The van der Waals surface area contributed by atoms with Gasteiger partial charge in [0.05, 0.1) is 10.4 Å². The molecule has 1 amide bonds. The second kappa shape index (κ2) is 6.55. The fourth-order valence-electron chi connectivity index (χ4n) is 2.28. The van der Waals surface area contributed by atoms with Gasteiger partial charge in [0, 0.05) is 12.1 Å². The minimum absolute atomic E-state index is 0.0466. The minimum atomic E-state index is -3.89. The van der Waals surface area contributed by atoms with E-state index in [1.165, 1.54) is 18.2 Å². The molecule has 2 rings (SSSR count). The molecular formula is C14H19N3O5S. The molecule has 0 aliphatic carbocycles. The topological polar surface area (TPSA) is 124 Å². The van der Waals surface area contributed by atoms with E-state index in [2.05, 4.69) is 5.32 Å². The lowest BCUT2D eigenvalue weighted by Crippen LogP contribution is -2.37. The fraction of sp³-hybridized carbons (Fsp3) is 0.429. The summed E-state index contributed by atoms with van der Waals surface area (Å²) in [6, 6.07) is 3.87. The predicted molar refractivity (Wildman–Crippen MR) is 84.4 cm³/mol. The van der Waals surface area contributed by atoms with Gasteiger partial charge in [0.1, 0.15) is 6.54 Å². The highest BCUT2D eigenvalue weighted by atomic mass is 32.2. The number of rotatable bonds is 6. The molecule has 2 aromatic rings. The van der Waals surface area contributed by atoms with Crippen molar-refractivity contribution in [3.05, 3.63) is 28.7 Å². The van der Waals surface area contributed by atoms with E-state index in [1.807, 2.05) is 13.8 Å². The Labute approximate surface area is 133 Å². The first kappa shape index (κ1) is 17.2. The van der Waals surface area contributed by atoms with Gasteiger partial charge < -0.3 is 9.73 Å². The second-order valence-corrected chi connectivity index (χ2v) is 6.77. The van der Waals surface area contributed by atoms with Gasteiger partial charge in [0.2, 0.25) is 15.9 Å². The monoisotopic (exact) mass is 341 g/mol. The number of fused-ring (bicyclic) bond motifs is 1. The van der Waals surface area contributed by atoms with Gasteiger partial charge in [0.25, 0.3) is 0 Å². The number of nitrogens with zero attached hydrogens (tertiary/aromatic N) is 1. The van der Waals surface area contributed by atoms with E-state index in [0.29, 0.717) is 5.52 Å². The smallest absolute Gasteiger partial charge is 0.408 e. The maximum absolute atomic E-state index is 12.0. The summed E-state index contributed by atoms with van der Waals surface area (Å²) in [4.78, 5) is 23.8. The standard InChI is InChI=1S/C14H19N3O5S/c1-3-9(4-2)16-13(18)8-17-11-6-5-10(23(15,20)21)7-12(11)22-14(17)19/h5-7,9H,3-4,8H2,1-2H3,(H,16,18)(H2,15,20,21). The first-order chi connectivity index (χ1) is 10.8. The summed E-state index contributed by atoms with van der Waals surface area (Å²) in [5, 5.41) is 7.87. The summed E-state index contributed by atoms with van der Waals surface area (Å²) in [5.41, 5.74) is 0.402. The average molecular weight is 341 g/mol. The SMILES string of the molecule is CCC(CC)NC(=O)Cn1c(=O)oc2cc(S(N)(=O)=O)ccc21. The number of amides is 1. The number of carbonyl (C=O) groups excluding carboxylic acids is 1. The van der Waals surface area contributed by atoms with E-state index in [0.717, 1.165) is 17.4 Å². The number of primary sulfonamides is 1. The van der Waals surface area contributed by atoms with Gasteiger partial charge in [-0.05, 0) is 25.0 Å². The van der Waals surface area contributed by atoms with E-state index < -0.39 is 15.8 Å². The summed E-state index contributed by atoms with van der Waals surface area (Å²) < 4.78 is 28.8. The Bertz CT molecular complexity index is 877. The van der Waals surface area contributed by atoms with Gasteiger partial charge in [-0.15, -0.1) is 0 Å². The Hall–Kier alpha value is -2.13. The molecule has 126 valence electrons. The number of oxazole rings is 1. The van der Waals surface area contributed by atoms with Gasteiger partial charge in [-0.2, -0.15) is 0 Å². The Morgan fingerprint density at radius 2 is 2.00 bits per heavy atom. The van der Waals surface area contributed by atoms with E-state index in [4.69, 9.17) is 9.56 Å². The molecule has 0 spiro atoms. The summed E-state index contributed by atoms with van der Waals surface area (Å²) >= 11 is 0. The number of hydrogen-bond acceptors (Lipinski definition) is 5. The molecule has 0 saturated heterocycles. The van der Waals surface area contributed by atoms with Crippen LogP contribution in [0, 0.1) is 0 Å². The number of nitrogens with one attached hydrogen (secondary N) is 1. The van der Waals surface area contributed by atoms with Gasteiger partial charge in [-0.3, -0.25) is 9.36 Å². The van der Waals surface area contributed by atoms with Crippen molar-refractivity contribution < 1.29 is 17.6 Å². The lowest BCUT2D eigenvalue weighted by Gasteiger charge is -2.14. The number of sulfonamides is 1. The van der Waals surface area contributed by atoms with Crippen LogP contribution in [0.3, 0.4) is 0 Å². The number of carbonyl (C=O) groups is 1. The zero-order valence-corrected chi connectivity index (χ0v) is 13.7. The molecule has 0 fully saturated rings. The Kier molecular flexibility index (Phi) is 4.90. The molecule has 0 saturated carbocycles. The highest BCUT2D eigenvalue weighted by molar-refractivity contribution is 7.89. The Balaban J connectivity index is 2.33. The van der Waals surface area contributed by atoms with Crippen LogP contribution in [0.4, 0.5) is 0 Å². The highest BCUT2D eigenvalue weighted by Crippen LogP contribution is 2.17. The van der Waals surface area contributed by atoms with Crippen molar-refractivity contribution in [2.45, 2.75) is 44.2 Å². The molecule has 23 heavy (non-hydrogen) atoms. The van der Waals surface area contributed by atoms with Crippen LogP contribution >= 0.6 is 0 Å². The van der Waals surface area contributed by atoms with Crippen LogP contribution in [0.15, 0.2) is 32.3 Å². The molecule has 3 N–H and O–H groups in total. The van der Waals surface area contributed by atoms with Gasteiger partial charge in [-0.25, -0.2) is 18.4 Å². The maximum Gasteiger partial charge on any atom is 0.420 e. The number of benzene rings is 1. The summed E-state index contributed by atoms with van der Waals surface area (Å²) in [6.07, 6.45) is 1.59. The molecule has 9 heteroatoms. The van der Waals surface area contributed by atoms with Gasteiger partial charge >= 0.3 is 5.76 Å². The molecular weight excluding hydrogens is 322 g/mol. The summed E-state index contributed by atoms with van der Waals surface area (Å²) in [5.74, 6) is -1.04. The fourth-order valence-corrected chi connectivity index (χ4v) is 2.81. The molecule has 1 aromatic heterocycles. The van der Waals surface area contributed by atoms with Crippen LogP contribution in [0.1, 0.15) is 26.7 Å². The Morgan fingerprint density at radius 3 is 2.57 bits per heavy atom. The van der Waals surface area contributed by atoms with Gasteiger partial charge in [0.15, 0.2) is 5.58 Å². The Morgan fingerprint density at radius 1 is 1.35 bits per heavy atom. The first-order valence-electron chi connectivity index (χ1n) is 7.21. The molecule has 1 aromatic carbocycles. The normalized spacial score (nSPS) is 12.0. The lowest BCUT2D eigenvalue weighted by atomic mass is 10.2. The number of nitrogens with two attached hydrogens (primary N) is 1. The van der Waals surface area contributed by atoms with Crippen LogP contribution < -0.4 is 16.2 Å². The van der Waals surface area contributed by atoms with Crippen LogP contribution in [0.2, 0.25) is 0 Å². The van der Waals surface area contributed by atoms with E-state index in [9.17, 15) is 18.0 Å². The van der Waals surface area contributed by atoms with Crippen molar-refractivity contribution in [3.8, 4) is 0 Å². The quantitative estimate of drug-likeness (QED) is 0.794. The van der Waals surface area contributed by atoms with Crippen molar-refractivity contribution in [1.29, 1.82) is 0 Å². The third-order valence-corrected chi connectivity index (χ3v) is 4.53. The lowest BCUT2D eigenvalue weighted by molar-refractivity contribution is -0.122. The van der Waals surface area contributed by atoms with E-state index in [1.54, 1.807) is 0 Å². The van der Waals surface area contributed by atoms with Crippen LogP contribution in [0.25, 0.3) is 11.1 Å². The van der Waals surface area contributed by atoms with Gasteiger partial charge in [-0.1, -0.05) is 13.8 Å². The molecule has 0 aliphatic heterocycles. The molecule has 0 unspecified atom stereocenters. The third-order valence-electron chi connectivity index (χ3n) is 3.62.